The van der Waals surface area contributed by atoms with E-state index in [1.807, 2.05) is 37.4 Å². The predicted octanol–water partition coefficient (Wildman–Crippen LogP) is 2.93. The van der Waals surface area contributed by atoms with Crippen molar-refractivity contribution in [1.82, 2.24) is 19.7 Å². The van der Waals surface area contributed by atoms with E-state index >= 15 is 0 Å². The monoisotopic (exact) mass is 364 g/mol. The smallest absolute Gasteiger partial charge is 0.183 e. The van der Waals surface area contributed by atoms with Gasteiger partial charge in [-0.1, -0.05) is 18.2 Å². The fourth-order valence-electron chi connectivity index (χ4n) is 3.52. The minimum atomic E-state index is 0.101. The average Bonchev–Trinajstić information content (AvgIpc) is 3.10. The van der Waals surface area contributed by atoms with Crippen LogP contribution in [0.3, 0.4) is 0 Å². The molecule has 0 unspecified atom stereocenters. The van der Waals surface area contributed by atoms with Crippen LogP contribution in [0.1, 0.15) is 23.3 Å². The number of aryl methyl sites for hydroxylation is 1. The molecule has 1 fully saturated rings. The lowest BCUT2D eigenvalue weighted by atomic mass is 10.1. The molecule has 0 N–H and O–H groups in total. The molecular formula is C21H24N4O2. The molecule has 3 aromatic rings. The molecule has 0 radical (unpaired) electrons. The zero-order chi connectivity index (χ0) is 18.6. The number of hydrogen-bond donors (Lipinski definition) is 0. The van der Waals surface area contributed by atoms with Gasteiger partial charge in [0.1, 0.15) is 5.69 Å². The number of aromatic nitrogens is 3. The first-order valence-corrected chi connectivity index (χ1v) is 9.43. The third kappa shape index (κ3) is 4.07. The fourth-order valence-corrected chi connectivity index (χ4v) is 3.52. The third-order valence-corrected chi connectivity index (χ3v) is 5.05. The zero-order valence-electron chi connectivity index (χ0n) is 15.6. The summed E-state index contributed by atoms with van der Waals surface area (Å²) in [6.07, 6.45) is 3.16. The molecule has 6 heteroatoms. The van der Waals surface area contributed by atoms with E-state index in [0.717, 1.165) is 61.4 Å². The highest BCUT2D eigenvalue weighted by Crippen LogP contribution is 2.24. The molecule has 0 atom stereocenters. The zero-order valence-corrected chi connectivity index (χ0v) is 15.6. The highest BCUT2D eigenvalue weighted by molar-refractivity contribution is 5.95. The van der Waals surface area contributed by atoms with E-state index in [4.69, 9.17) is 4.74 Å². The Labute approximate surface area is 158 Å². The lowest BCUT2D eigenvalue weighted by Crippen LogP contribution is -2.36. The van der Waals surface area contributed by atoms with E-state index in [-0.39, 0.29) is 5.78 Å². The highest BCUT2D eigenvalue weighted by Gasteiger charge is 2.16. The van der Waals surface area contributed by atoms with Crippen molar-refractivity contribution in [1.29, 1.82) is 0 Å². The van der Waals surface area contributed by atoms with Crippen LogP contribution < -0.4 is 0 Å². The molecule has 3 heterocycles. The van der Waals surface area contributed by atoms with E-state index in [1.165, 1.54) is 0 Å². The van der Waals surface area contributed by atoms with Crippen LogP contribution >= 0.6 is 0 Å². The summed E-state index contributed by atoms with van der Waals surface area (Å²) >= 11 is 0. The number of hydrogen-bond acceptors (Lipinski definition) is 5. The molecule has 140 valence electrons. The van der Waals surface area contributed by atoms with Crippen LogP contribution in [0.4, 0.5) is 0 Å². The Bertz CT molecular complexity index is 944. The first-order valence-electron chi connectivity index (χ1n) is 9.43. The second kappa shape index (κ2) is 7.98. The second-order valence-electron chi connectivity index (χ2n) is 6.93. The summed E-state index contributed by atoms with van der Waals surface area (Å²) in [5.74, 6) is 0.101. The number of carbonyl (C=O) groups excluding carboxylic acids is 1. The van der Waals surface area contributed by atoms with Gasteiger partial charge >= 0.3 is 0 Å². The molecule has 0 bridgehead atoms. The van der Waals surface area contributed by atoms with Gasteiger partial charge in [-0.15, -0.1) is 0 Å². The third-order valence-electron chi connectivity index (χ3n) is 5.05. The molecule has 0 spiro atoms. The van der Waals surface area contributed by atoms with Gasteiger partial charge in [-0.3, -0.25) is 19.4 Å². The summed E-state index contributed by atoms with van der Waals surface area (Å²) < 4.78 is 7.13. The fraction of sp³-hybridized carbons (Fsp3) is 0.381. The molecule has 1 aliphatic heterocycles. The van der Waals surface area contributed by atoms with Gasteiger partial charge in [0.25, 0.3) is 0 Å². The second-order valence-corrected chi connectivity index (χ2v) is 6.93. The Morgan fingerprint density at radius 2 is 2.04 bits per heavy atom. The van der Waals surface area contributed by atoms with E-state index in [0.29, 0.717) is 12.1 Å². The average molecular weight is 364 g/mol. The molecule has 6 nitrogen and oxygen atoms in total. The number of morpholine rings is 1. The summed E-state index contributed by atoms with van der Waals surface area (Å²) in [6.45, 7) is 4.43. The minimum absolute atomic E-state index is 0.101. The van der Waals surface area contributed by atoms with E-state index in [9.17, 15) is 4.79 Å². The molecule has 0 aliphatic carbocycles. The van der Waals surface area contributed by atoms with Crippen molar-refractivity contribution in [2.45, 2.75) is 12.8 Å². The maximum Gasteiger partial charge on any atom is 0.183 e. The van der Waals surface area contributed by atoms with Gasteiger partial charge in [-0.05, 0) is 31.2 Å². The van der Waals surface area contributed by atoms with Crippen LogP contribution in [0.2, 0.25) is 0 Å². The molecule has 2 aromatic heterocycles. The normalized spacial score (nSPS) is 15.3. The first-order chi connectivity index (χ1) is 13.2. The SMILES string of the molecule is Cn1nc(C(=O)CCCN2CCOCC2)cc1-c1ccc2cccnc2c1. The van der Waals surface area contributed by atoms with Crippen molar-refractivity contribution in [2.75, 3.05) is 32.8 Å². The minimum Gasteiger partial charge on any atom is -0.379 e. The lowest BCUT2D eigenvalue weighted by Gasteiger charge is -2.26. The van der Waals surface area contributed by atoms with Crippen LogP contribution in [-0.4, -0.2) is 58.3 Å². The highest BCUT2D eigenvalue weighted by atomic mass is 16.5. The molecule has 1 aliphatic rings. The number of Topliss-reactive ketones (excluding diaryl/α,β-unsaturated/α-hetero) is 1. The summed E-state index contributed by atoms with van der Waals surface area (Å²) in [6, 6.07) is 12.0. The number of nitrogens with zero attached hydrogens (tertiary/aromatic N) is 4. The van der Waals surface area contributed by atoms with Crippen molar-refractivity contribution in [2.24, 2.45) is 7.05 Å². The lowest BCUT2D eigenvalue weighted by molar-refractivity contribution is 0.0371. The standard InChI is InChI=1S/C21H24N4O2/c1-24-20(17-7-6-16-4-2-8-22-18(16)14-17)15-19(23-24)21(26)5-3-9-25-10-12-27-13-11-25/h2,4,6-8,14-15H,3,5,9-13H2,1H3. The van der Waals surface area contributed by atoms with Crippen molar-refractivity contribution < 1.29 is 9.53 Å². The number of benzene rings is 1. The molecule has 1 saturated heterocycles. The van der Waals surface area contributed by atoms with Gasteiger partial charge in [-0.25, -0.2) is 0 Å². The van der Waals surface area contributed by atoms with Crippen molar-refractivity contribution >= 4 is 16.7 Å². The molecule has 0 amide bonds. The number of fused-ring (bicyclic) bond motifs is 1. The van der Waals surface area contributed by atoms with Gasteiger partial charge in [0.05, 0.1) is 24.4 Å². The van der Waals surface area contributed by atoms with Crippen LogP contribution in [-0.2, 0) is 11.8 Å². The van der Waals surface area contributed by atoms with Gasteiger partial charge in [0.15, 0.2) is 5.78 Å². The van der Waals surface area contributed by atoms with Gasteiger partial charge in [0, 0.05) is 43.7 Å². The van der Waals surface area contributed by atoms with E-state index in [1.54, 1.807) is 10.9 Å². The van der Waals surface area contributed by atoms with Crippen LogP contribution in [0.15, 0.2) is 42.6 Å². The maximum absolute atomic E-state index is 12.6. The largest absolute Gasteiger partial charge is 0.379 e. The Balaban J connectivity index is 1.44. The summed E-state index contributed by atoms with van der Waals surface area (Å²) in [5.41, 5.74) is 3.42. The predicted molar refractivity (Wildman–Crippen MR) is 105 cm³/mol. The van der Waals surface area contributed by atoms with Gasteiger partial charge < -0.3 is 4.74 Å². The Morgan fingerprint density at radius 1 is 1.19 bits per heavy atom. The summed E-state index contributed by atoms with van der Waals surface area (Å²) in [4.78, 5) is 19.3. The number of ether oxygens (including phenoxy) is 1. The Hall–Kier alpha value is -2.57. The quantitative estimate of drug-likeness (QED) is 0.630. The number of ketones is 1. The van der Waals surface area contributed by atoms with Crippen LogP contribution in [0.5, 0.6) is 0 Å². The number of carbonyl (C=O) groups is 1. The van der Waals surface area contributed by atoms with Gasteiger partial charge in [-0.2, -0.15) is 5.10 Å². The number of rotatable bonds is 6. The summed E-state index contributed by atoms with van der Waals surface area (Å²) in [5, 5.41) is 5.55. The topological polar surface area (TPSA) is 60.2 Å². The summed E-state index contributed by atoms with van der Waals surface area (Å²) in [7, 11) is 1.88. The molecule has 4 rings (SSSR count). The van der Waals surface area contributed by atoms with Crippen LogP contribution in [0, 0.1) is 0 Å². The number of pyridine rings is 1. The van der Waals surface area contributed by atoms with Crippen molar-refractivity contribution in [3.63, 3.8) is 0 Å². The Kier molecular flexibility index (Phi) is 5.27. The van der Waals surface area contributed by atoms with Gasteiger partial charge in [0.2, 0.25) is 0 Å². The molecule has 0 saturated carbocycles. The first kappa shape index (κ1) is 17.8. The van der Waals surface area contributed by atoms with E-state index in [2.05, 4.69) is 21.0 Å². The van der Waals surface area contributed by atoms with E-state index < -0.39 is 0 Å². The molecule has 1 aromatic carbocycles. The molecule has 27 heavy (non-hydrogen) atoms. The van der Waals surface area contributed by atoms with Crippen molar-refractivity contribution in [3.8, 4) is 11.3 Å². The Morgan fingerprint density at radius 3 is 2.89 bits per heavy atom. The maximum atomic E-state index is 12.6. The van der Waals surface area contributed by atoms with Crippen LogP contribution in [0.25, 0.3) is 22.2 Å². The molecular weight excluding hydrogens is 340 g/mol. The van der Waals surface area contributed by atoms with Crippen molar-refractivity contribution in [3.05, 3.63) is 48.3 Å².